The van der Waals surface area contributed by atoms with Crippen molar-refractivity contribution in [3.05, 3.63) is 29.6 Å². The highest BCUT2D eigenvalue weighted by molar-refractivity contribution is 5.75. The van der Waals surface area contributed by atoms with Crippen LogP contribution in [0.25, 0.3) is 0 Å². The van der Waals surface area contributed by atoms with Crippen LogP contribution in [-0.4, -0.2) is 12.9 Å². The van der Waals surface area contributed by atoms with Gasteiger partial charge in [0.25, 0.3) is 0 Å². The minimum atomic E-state index is -0.349. The highest BCUT2D eigenvalue weighted by Crippen LogP contribution is 2.18. The van der Waals surface area contributed by atoms with Crippen LogP contribution < -0.4 is 4.74 Å². The van der Waals surface area contributed by atoms with Gasteiger partial charge in [-0.25, -0.2) is 4.39 Å². The second-order valence-electron chi connectivity index (χ2n) is 3.52. The van der Waals surface area contributed by atoms with E-state index in [1.807, 2.05) is 6.07 Å². The van der Waals surface area contributed by atoms with Gasteiger partial charge in [-0.2, -0.15) is 0 Å². The van der Waals surface area contributed by atoms with Crippen molar-refractivity contribution in [1.29, 1.82) is 0 Å². The maximum Gasteiger partial charge on any atom is 0.165 e. The summed E-state index contributed by atoms with van der Waals surface area (Å²) in [6, 6.07) is 4.89. The van der Waals surface area contributed by atoms with E-state index in [1.165, 1.54) is 13.2 Å². The lowest BCUT2D eigenvalue weighted by molar-refractivity contribution is -0.117. The van der Waals surface area contributed by atoms with Crippen molar-refractivity contribution in [3.63, 3.8) is 0 Å². The average Bonchev–Trinajstić information content (AvgIpc) is 2.17. The number of rotatable bonds is 5. The van der Waals surface area contributed by atoms with Gasteiger partial charge in [-0.15, -0.1) is 0 Å². The molecule has 0 bridgehead atoms. The van der Waals surface area contributed by atoms with Crippen molar-refractivity contribution >= 4 is 5.78 Å². The van der Waals surface area contributed by atoms with Crippen molar-refractivity contribution in [1.82, 2.24) is 0 Å². The maximum atomic E-state index is 13.2. The van der Waals surface area contributed by atoms with E-state index in [9.17, 15) is 9.18 Å². The van der Waals surface area contributed by atoms with E-state index >= 15 is 0 Å². The number of carbonyl (C=O) groups is 1. The summed E-state index contributed by atoms with van der Waals surface area (Å²) in [6.45, 7) is 1.56. The van der Waals surface area contributed by atoms with Crippen molar-refractivity contribution < 1.29 is 13.9 Å². The topological polar surface area (TPSA) is 26.3 Å². The van der Waals surface area contributed by atoms with Crippen molar-refractivity contribution in [2.45, 2.75) is 26.2 Å². The number of ketones is 1. The zero-order valence-electron chi connectivity index (χ0n) is 9.05. The Morgan fingerprint density at radius 3 is 2.73 bits per heavy atom. The first-order chi connectivity index (χ1) is 7.13. The van der Waals surface area contributed by atoms with Gasteiger partial charge in [-0.3, -0.25) is 0 Å². The lowest BCUT2D eigenvalue weighted by atomic mass is 10.1. The number of Topliss-reactive ketones (excluding diaryl/α,β-unsaturated/α-hetero) is 1. The quantitative estimate of drug-likeness (QED) is 0.747. The number of halogens is 1. The fourth-order valence-corrected chi connectivity index (χ4v) is 1.41. The van der Waals surface area contributed by atoms with Crippen LogP contribution >= 0.6 is 0 Å². The summed E-state index contributed by atoms with van der Waals surface area (Å²) in [7, 11) is 1.44. The molecule has 0 aliphatic heterocycles. The zero-order valence-corrected chi connectivity index (χ0v) is 9.05. The van der Waals surface area contributed by atoms with Crippen LogP contribution in [0.3, 0.4) is 0 Å². The first-order valence-corrected chi connectivity index (χ1v) is 4.95. The van der Waals surface area contributed by atoms with Crippen LogP contribution in [-0.2, 0) is 11.2 Å². The fourth-order valence-electron chi connectivity index (χ4n) is 1.41. The third-order valence-corrected chi connectivity index (χ3v) is 2.21. The predicted octanol–water partition coefficient (Wildman–Crippen LogP) is 2.75. The Kier molecular flexibility index (Phi) is 4.28. The second-order valence-corrected chi connectivity index (χ2v) is 3.52. The van der Waals surface area contributed by atoms with Gasteiger partial charge in [-0.05, 0) is 37.5 Å². The number of aryl methyl sites for hydroxylation is 1. The number of ether oxygens (including phenoxy) is 1. The Bertz CT molecular complexity index is 347. The summed E-state index contributed by atoms with van der Waals surface area (Å²) in [5.74, 6) is 0.0760. The van der Waals surface area contributed by atoms with Crippen LogP contribution in [0, 0.1) is 5.82 Å². The molecule has 3 heteroatoms. The number of methoxy groups -OCH3 is 1. The Morgan fingerprint density at radius 1 is 1.47 bits per heavy atom. The second kappa shape index (κ2) is 5.49. The molecule has 15 heavy (non-hydrogen) atoms. The molecule has 82 valence electrons. The predicted molar refractivity (Wildman–Crippen MR) is 56.6 cm³/mol. The summed E-state index contributed by atoms with van der Waals surface area (Å²) in [5.41, 5.74) is 0.898. The Labute approximate surface area is 89.1 Å². The molecule has 0 fully saturated rings. The molecule has 0 aliphatic carbocycles. The van der Waals surface area contributed by atoms with Gasteiger partial charge < -0.3 is 9.53 Å². The van der Waals surface area contributed by atoms with Gasteiger partial charge in [-0.1, -0.05) is 6.07 Å². The van der Waals surface area contributed by atoms with Gasteiger partial charge in [0.15, 0.2) is 11.6 Å². The normalized spacial score (nSPS) is 10.1. The molecule has 0 aromatic heterocycles. The molecule has 0 N–H and O–H groups in total. The Hall–Kier alpha value is -1.38. The summed E-state index contributed by atoms with van der Waals surface area (Å²) in [5, 5.41) is 0. The van der Waals surface area contributed by atoms with Crippen LogP contribution in [0.5, 0.6) is 5.75 Å². The Balaban J connectivity index is 2.55. The van der Waals surface area contributed by atoms with E-state index in [-0.39, 0.29) is 17.3 Å². The van der Waals surface area contributed by atoms with Gasteiger partial charge in [0.1, 0.15) is 5.78 Å². The molecule has 1 aromatic rings. The zero-order chi connectivity index (χ0) is 11.3. The minimum absolute atomic E-state index is 0.170. The van der Waals surface area contributed by atoms with Crippen molar-refractivity contribution in [2.24, 2.45) is 0 Å². The van der Waals surface area contributed by atoms with Gasteiger partial charge in [0.2, 0.25) is 0 Å². The van der Waals surface area contributed by atoms with Crippen molar-refractivity contribution in [3.8, 4) is 5.75 Å². The third kappa shape index (κ3) is 3.70. The molecular formula is C12H15FO2. The third-order valence-electron chi connectivity index (χ3n) is 2.21. The molecule has 0 radical (unpaired) electrons. The standard InChI is InChI=1S/C12H15FO2/c1-9(14)4-3-5-10-6-7-12(15-2)11(13)8-10/h6-8H,3-5H2,1-2H3. The van der Waals surface area contributed by atoms with Gasteiger partial charge in [0.05, 0.1) is 7.11 Å². The van der Waals surface area contributed by atoms with Gasteiger partial charge >= 0.3 is 0 Å². The molecule has 0 heterocycles. The molecular weight excluding hydrogens is 195 g/mol. The summed E-state index contributed by atoms with van der Waals surface area (Å²) >= 11 is 0. The highest BCUT2D eigenvalue weighted by atomic mass is 19.1. The van der Waals surface area contributed by atoms with Crippen LogP contribution in [0.4, 0.5) is 4.39 Å². The molecule has 0 spiro atoms. The van der Waals surface area contributed by atoms with E-state index < -0.39 is 0 Å². The van der Waals surface area contributed by atoms with E-state index in [0.717, 1.165) is 18.4 Å². The first-order valence-electron chi connectivity index (χ1n) is 4.95. The number of hydrogen-bond acceptors (Lipinski definition) is 2. The average molecular weight is 210 g/mol. The molecule has 0 saturated carbocycles. The summed E-state index contributed by atoms with van der Waals surface area (Å²) in [4.78, 5) is 10.7. The van der Waals surface area contributed by atoms with Crippen molar-refractivity contribution in [2.75, 3.05) is 7.11 Å². The van der Waals surface area contributed by atoms with E-state index in [4.69, 9.17) is 4.74 Å². The molecule has 1 rings (SSSR count). The molecule has 2 nitrogen and oxygen atoms in total. The van der Waals surface area contributed by atoms with E-state index in [0.29, 0.717) is 6.42 Å². The smallest absolute Gasteiger partial charge is 0.165 e. The van der Waals surface area contributed by atoms with E-state index in [2.05, 4.69) is 0 Å². The lowest BCUT2D eigenvalue weighted by Crippen LogP contribution is -1.94. The molecule has 0 amide bonds. The lowest BCUT2D eigenvalue weighted by Gasteiger charge is -2.04. The fraction of sp³-hybridized carbons (Fsp3) is 0.417. The van der Waals surface area contributed by atoms with Crippen LogP contribution in [0.15, 0.2) is 18.2 Å². The summed E-state index contributed by atoms with van der Waals surface area (Å²) < 4.78 is 18.1. The molecule has 0 saturated heterocycles. The minimum Gasteiger partial charge on any atom is -0.494 e. The number of carbonyl (C=O) groups excluding carboxylic acids is 1. The molecule has 0 aliphatic rings. The largest absolute Gasteiger partial charge is 0.494 e. The maximum absolute atomic E-state index is 13.2. The van der Waals surface area contributed by atoms with Crippen LogP contribution in [0.1, 0.15) is 25.3 Å². The highest BCUT2D eigenvalue weighted by Gasteiger charge is 2.03. The van der Waals surface area contributed by atoms with Crippen LogP contribution in [0.2, 0.25) is 0 Å². The SMILES string of the molecule is COc1ccc(CCCC(C)=O)cc1F. The molecule has 1 aromatic carbocycles. The molecule has 0 atom stereocenters. The molecule has 0 unspecified atom stereocenters. The summed E-state index contributed by atoms with van der Waals surface area (Å²) in [6.07, 6.45) is 2.04. The van der Waals surface area contributed by atoms with Gasteiger partial charge in [0, 0.05) is 6.42 Å². The number of benzene rings is 1. The Morgan fingerprint density at radius 2 is 2.20 bits per heavy atom. The van der Waals surface area contributed by atoms with E-state index in [1.54, 1.807) is 13.0 Å². The monoisotopic (exact) mass is 210 g/mol. The first kappa shape index (κ1) is 11.7. The number of hydrogen-bond donors (Lipinski definition) is 0.